The predicted octanol–water partition coefficient (Wildman–Crippen LogP) is 4.50. The van der Waals surface area contributed by atoms with Crippen molar-refractivity contribution in [3.05, 3.63) is 49.3 Å². The molecule has 0 bridgehead atoms. The minimum Gasteiger partial charge on any atom is -0.507 e. The Hall–Kier alpha value is -4.95. The maximum atomic E-state index is 14.6. The molecule has 0 saturated carbocycles. The van der Waals surface area contributed by atoms with Crippen LogP contribution >= 0.6 is 0 Å². The zero-order chi connectivity index (χ0) is 37.3. The van der Waals surface area contributed by atoms with Crippen molar-refractivity contribution < 1.29 is 44.1 Å². The highest BCUT2D eigenvalue weighted by molar-refractivity contribution is 6.39. The second kappa shape index (κ2) is 15.3. The first-order valence-corrected chi connectivity index (χ1v) is 17.2. The number of hydrogen-bond donors (Lipinski definition) is 5. The second-order valence-corrected chi connectivity index (χ2v) is 12.7. The maximum absolute atomic E-state index is 14.6. The predicted molar refractivity (Wildman–Crippen MR) is 202 cm³/mol. The summed E-state index contributed by atoms with van der Waals surface area (Å²) in [5.41, 5.74) is 1.77. The Kier molecular flexibility index (Phi) is 10.9. The van der Waals surface area contributed by atoms with Crippen LogP contribution in [0.4, 0.5) is 5.69 Å². The fourth-order valence-electron chi connectivity index (χ4n) is 7.69. The van der Waals surface area contributed by atoms with Gasteiger partial charge in [0.2, 0.25) is 10.9 Å². The second-order valence-electron chi connectivity index (χ2n) is 12.7. The number of benzene rings is 5. The summed E-state index contributed by atoms with van der Waals surface area (Å²) in [6, 6.07) is 2.75. The molecule has 5 N–H and O–H groups in total. The van der Waals surface area contributed by atoms with Gasteiger partial charge < -0.3 is 49.4 Å². The molecule has 1 atom stereocenters. The summed E-state index contributed by atoms with van der Waals surface area (Å²) in [5.74, 6) is -0.680. The van der Waals surface area contributed by atoms with Gasteiger partial charge in [-0.15, -0.1) is 0 Å². The zero-order valence-corrected chi connectivity index (χ0v) is 30.0. The lowest BCUT2D eigenvalue weighted by atomic mass is 9.80. The topological polar surface area (TPSA) is 186 Å². The largest absolute Gasteiger partial charge is 0.507 e. The van der Waals surface area contributed by atoms with Crippen molar-refractivity contribution in [2.45, 2.75) is 32.6 Å². The molecule has 13 heteroatoms. The van der Waals surface area contributed by atoms with E-state index >= 15 is 0 Å². The molecule has 5 aromatic rings. The van der Waals surface area contributed by atoms with Gasteiger partial charge in [0, 0.05) is 88.1 Å². The summed E-state index contributed by atoms with van der Waals surface area (Å²) >= 11 is 0. The molecule has 5 aromatic carbocycles. The molecule has 0 fully saturated rings. The lowest BCUT2D eigenvalue weighted by Crippen LogP contribution is -2.18. The van der Waals surface area contributed by atoms with E-state index in [1.165, 1.54) is 33.5 Å². The summed E-state index contributed by atoms with van der Waals surface area (Å²) in [7, 11) is 4.32. The minimum absolute atomic E-state index is 0.0157. The van der Waals surface area contributed by atoms with Crippen molar-refractivity contribution in [1.82, 2.24) is 0 Å². The van der Waals surface area contributed by atoms with Crippen LogP contribution in [-0.4, -0.2) is 100 Å². The Balaban J connectivity index is 1.80. The van der Waals surface area contributed by atoms with E-state index in [1.807, 2.05) is 19.9 Å². The van der Waals surface area contributed by atoms with E-state index < -0.39 is 16.8 Å². The van der Waals surface area contributed by atoms with E-state index in [-0.39, 0.29) is 71.6 Å². The molecule has 0 radical (unpaired) electrons. The van der Waals surface area contributed by atoms with E-state index in [1.54, 1.807) is 0 Å². The fraction of sp³-hybridized carbons (Fsp3) is 0.410. The van der Waals surface area contributed by atoms with E-state index in [4.69, 9.17) is 38.9 Å². The van der Waals surface area contributed by atoms with Crippen molar-refractivity contribution >= 4 is 60.6 Å². The Bertz CT molecular complexity index is 2320. The number of nitrogens with one attached hydrogen (secondary N) is 1. The first kappa shape index (κ1) is 36.8. The standard InChI is InChI=1S/C39H44N2O11/c1-19-16-21-27-32-28(37(46)36(21)41-9-7-13-52-15-11-43)22(44)17-24(48-3)30(32)31-25(49-4)18-23(45)29-34(31)33(27)35(39(50-5)38(29)47)26(19)20(2)40-8-6-12-51-14-10-42/h16-18,26,41-45H,6-15H2,1-5H3/b40-20+. The molecular weight excluding hydrogens is 672 g/mol. The molecule has 0 saturated heterocycles. The Labute approximate surface area is 299 Å². The third-order valence-corrected chi connectivity index (χ3v) is 9.70. The lowest BCUT2D eigenvalue weighted by molar-refractivity contribution is 0.0918. The van der Waals surface area contributed by atoms with E-state index in [2.05, 4.69) is 5.32 Å². The number of aliphatic hydroxyl groups is 2. The zero-order valence-electron chi connectivity index (χ0n) is 30.0. The van der Waals surface area contributed by atoms with Crippen LogP contribution in [0, 0.1) is 0 Å². The van der Waals surface area contributed by atoms with Gasteiger partial charge in [0.15, 0.2) is 5.75 Å². The number of nitrogens with zero attached hydrogens (tertiary/aromatic N) is 1. The number of ether oxygens (including phenoxy) is 5. The van der Waals surface area contributed by atoms with Crippen LogP contribution in [0.2, 0.25) is 0 Å². The van der Waals surface area contributed by atoms with E-state index in [0.29, 0.717) is 88.3 Å². The Morgan fingerprint density at radius 3 is 1.90 bits per heavy atom. The molecule has 1 aliphatic carbocycles. The number of methoxy groups -OCH3 is 3. The summed E-state index contributed by atoms with van der Waals surface area (Å²) in [5, 5.41) is 47.4. The average Bonchev–Trinajstić information content (AvgIpc) is 3.26. The molecular formula is C39H44N2O11. The van der Waals surface area contributed by atoms with Crippen molar-refractivity contribution in [1.29, 1.82) is 0 Å². The molecule has 0 amide bonds. The lowest BCUT2D eigenvalue weighted by Gasteiger charge is -2.25. The summed E-state index contributed by atoms with van der Waals surface area (Å²) in [6.07, 6.45) is 3.03. The van der Waals surface area contributed by atoms with Crippen LogP contribution in [0.1, 0.15) is 43.7 Å². The van der Waals surface area contributed by atoms with Gasteiger partial charge in [0.25, 0.3) is 0 Å². The number of phenols is 2. The van der Waals surface area contributed by atoms with E-state index in [9.17, 15) is 19.8 Å². The number of rotatable bonds is 17. The molecule has 0 spiro atoms. The summed E-state index contributed by atoms with van der Waals surface area (Å²) < 4.78 is 28.5. The number of aliphatic imine (C=N–C) groups is 1. The molecule has 52 heavy (non-hydrogen) atoms. The number of aromatic hydroxyl groups is 2. The molecule has 6 rings (SSSR count). The number of fused-ring (bicyclic) bond motifs is 1. The number of anilines is 1. The molecule has 276 valence electrons. The summed E-state index contributed by atoms with van der Waals surface area (Å²) in [6.45, 7) is 5.56. The van der Waals surface area contributed by atoms with Gasteiger partial charge in [-0.3, -0.25) is 14.6 Å². The SMILES string of the molecule is COc1c2c3c4c(c(NCCCOCCO)c(=O)c5c(O)cc(OC)c(c6c(OC)cc(O)c(c1=O)c63)c54)C=C(C)C2/C(C)=N/CCCOCCO. The monoisotopic (exact) mass is 716 g/mol. The fourth-order valence-corrected chi connectivity index (χ4v) is 7.69. The third kappa shape index (κ3) is 5.97. The number of aliphatic hydroxyl groups excluding tert-OH is 2. The molecule has 0 aliphatic heterocycles. The van der Waals surface area contributed by atoms with Gasteiger partial charge in [-0.2, -0.15) is 0 Å². The van der Waals surface area contributed by atoms with E-state index in [0.717, 1.165) is 5.57 Å². The maximum Gasteiger partial charge on any atom is 0.232 e. The number of hydrogen-bond acceptors (Lipinski definition) is 13. The highest BCUT2D eigenvalue weighted by atomic mass is 16.5. The van der Waals surface area contributed by atoms with Crippen molar-refractivity contribution in [3.8, 4) is 28.7 Å². The normalized spacial score (nSPS) is 14.6. The van der Waals surface area contributed by atoms with Crippen LogP contribution < -0.4 is 30.4 Å². The van der Waals surface area contributed by atoms with Crippen LogP contribution in [0.15, 0.2) is 32.3 Å². The van der Waals surface area contributed by atoms with Crippen LogP contribution in [-0.2, 0) is 9.47 Å². The summed E-state index contributed by atoms with van der Waals surface area (Å²) in [4.78, 5) is 34.1. The first-order chi connectivity index (χ1) is 25.2. The number of allylic oxidation sites excluding steroid dienone is 1. The van der Waals surface area contributed by atoms with Crippen LogP contribution in [0.25, 0.3) is 49.2 Å². The Morgan fingerprint density at radius 2 is 1.33 bits per heavy atom. The molecule has 1 aliphatic rings. The number of phenolic OH excluding ortho intramolecular Hbond substituents is 2. The smallest absolute Gasteiger partial charge is 0.232 e. The highest BCUT2D eigenvalue weighted by Crippen LogP contribution is 2.56. The van der Waals surface area contributed by atoms with Crippen molar-refractivity contribution in [3.63, 3.8) is 0 Å². The van der Waals surface area contributed by atoms with Crippen molar-refractivity contribution in [2.75, 3.05) is 79.4 Å². The Morgan fingerprint density at radius 1 is 0.750 bits per heavy atom. The van der Waals surface area contributed by atoms with Gasteiger partial charge >= 0.3 is 0 Å². The van der Waals surface area contributed by atoms with Crippen molar-refractivity contribution in [2.24, 2.45) is 4.99 Å². The quantitative estimate of drug-likeness (QED) is 0.0393. The van der Waals surface area contributed by atoms with Gasteiger partial charge in [-0.1, -0.05) is 11.6 Å². The van der Waals surface area contributed by atoms with Gasteiger partial charge in [-0.25, -0.2) is 0 Å². The molecule has 13 nitrogen and oxygen atoms in total. The molecule has 0 aromatic heterocycles. The highest BCUT2D eigenvalue weighted by Gasteiger charge is 2.36. The van der Waals surface area contributed by atoms with Crippen LogP contribution in [0.5, 0.6) is 28.7 Å². The average molecular weight is 717 g/mol. The van der Waals surface area contributed by atoms with Crippen LogP contribution in [0.3, 0.4) is 0 Å². The van der Waals surface area contributed by atoms with Gasteiger partial charge in [0.05, 0.1) is 64.2 Å². The third-order valence-electron chi connectivity index (χ3n) is 9.70. The minimum atomic E-state index is -0.598. The molecule has 1 unspecified atom stereocenters. The first-order valence-electron chi connectivity index (χ1n) is 17.2. The van der Waals surface area contributed by atoms with Gasteiger partial charge in [-0.05, 0) is 32.1 Å². The van der Waals surface area contributed by atoms with Gasteiger partial charge in [0.1, 0.15) is 23.0 Å². The molecule has 0 heterocycles.